The summed E-state index contributed by atoms with van der Waals surface area (Å²) in [4.78, 5) is 12.7. The summed E-state index contributed by atoms with van der Waals surface area (Å²) >= 11 is 13.3. The molecule has 180 valence electrons. The molecule has 35 heavy (non-hydrogen) atoms. The highest BCUT2D eigenvalue weighted by Gasteiger charge is 2.30. The van der Waals surface area contributed by atoms with Crippen molar-refractivity contribution in [1.29, 1.82) is 0 Å². The van der Waals surface area contributed by atoms with E-state index in [0.29, 0.717) is 21.6 Å². The lowest BCUT2D eigenvalue weighted by Crippen LogP contribution is -2.25. The van der Waals surface area contributed by atoms with Gasteiger partial charge in [0.25, 0.3) is 5.91 Å². The van der Waals surface area contributed by atoms with Crippen molar-refractivity contribution in [1.82, 2.24) is 20.1 Å². The topological polar surface area (TPSA) is 59.8 Å². The van der Waals surface area contributed by atoms with Crippen LogP contribution < -0.4 is 5.32 Å². The van der Waals surface area contributed by atoms with Crippen LogP contribution in [-0.2, 0) is 18.5 Å². The Morgan fingerprint density at radius 3 is 2.49 bits per heavy atom. The molecule has 0 aliphatic carbocycles. The molecule has 3 aromatic carbocycles. The van der Waals surface area contributed by atoms with Gasteiger partial charge in [-0.3, -0.25) is 9.36 Å². The number of rotatable bonds is 7. The minimum atomic E-state index is -4.41. The van der Waals surface area contributed by atoms with Gasteiger partial charge in [-0.05, 0) is 42.0 Å². The van der Waals surface area contributed by atoms with Gasteiger partial charge < -0.3 is 5.32 Å². The lowest BCUT2D eigenvalue weighted by atomic mass is 10.1. The number of hydrogen-bond donors (Lipinski definition) is 1. The Hall–Kier alpha value is -3.01. The third-order valence-corrected chi connectivity index (χ3v) is 6.48. The fraction of sp³-hybridized carbons (Fsp3) is 0.125. The Morgan fingerprint density at radius 2 is 1.74 bits per heavy atom. The molecule has 1 aromatic heterocycles. The van der Waals surface area contributed by atoms with Gasteiger partial charge in [0.15, 0.2) is 11.0 Å². The zero-order valence-corrected chi connectivity index (χ0v) is 20.2. The minimum Gasteiger partial charge on any atom is -0.345 e. The Labute approximate surface area is 213 Å². The van der Waals surface area contributed by atoms with Crippen molar-refractivity contribution in [3.05, 3.63) is 105 Å². The molecule has 0 aliphatic rings. The summed E-state index contributed by atoms with van der Waals surface area (Å²) < 4.78 is 40.9. The number of nitrogens with zero attached hydrogens (tertiary/aromatic N) is 3. The first kappa shape index (κ1) is 25.1. The summed E-state index contributed by atoms with van der Waals surface area (Å²) in [7, 11) is 0. The highest BCUT2D eigenvalue weighted by molar-refractivity contribution is 7.98. The normalized spacial score (nSPS) is 11.5. The molecule has 0 unspecified atom stereocenters. The van der Waals surface area contributed by atoms with E-state index in [-0.39, 0.29) is 22.9 Å². The SMILES string of the molecule is O=C(NCc1nnc(SCc2cccc(C(F)(F)F)c2)n1-c1ccccc1)c1cc(Cl)ccc1Cl. The van der Waals surface area contributed by atoms with Crippen molar-refractivity contribution in [3.8, 4) is 5.69 Å². The fourth-order valence-corrected chi connectivity index (χ4v) is 4.55. The number of benzene rings is 3. The molecular weight excluding hydrogens is 520 g/mol. The van der Waals surface area contributed by atoms with Gasteiger partial charge in [-0.25, -0.2) is 0 Å². The quantitative estimate of drug-likeness (QED) is 0.263. The molecule has 0 radical (unpaired) electrons. The lowest BCUT2D eigenvalue weighted by molar-refractivity contribution is -0.137. The second-order valence-corrected chi connectivity index (χ2v) is 9.15. The van der Waals surface area contributed by atoms with Gasteiger partial charge in [0.1, 0.15) is 0 Å². The van der Waals surface area contributed by atoms with E-state index in [4.69, 9.17) is 23.2 Å². The molecular formula is C24H17Cl2F3N4OS. The van der Waals surface area contributed by atoms with E-state index < -0.39 is 17.6 Å². The second kappa shape index (κ2) is 10.7. The van der Waals surface area contributed by atoms with E-state index in [9.17, 15) is 18.0 Å². The van der Waals surface area contributed by atoms with Gasteiger partial charge in [0.2, 0.25) is 0 Å². The molecule has 1 N–H and O–H groups in total. The van der Waals surface area contributed by atoms with Gasteiger partial charge in [0, 0.05) is 16.5 Å². The van der Waals surface area contributed by atoms with E-state index >= 15 is 0 Å². The molecule has 0 fully saturated rings. The summed E-state index contributed by atoms with van der Waals surface area (Å²) in [5, 5.41) is 12.3. The lowest BCUT2D eigenvalue weighted by Gasteiger charge is -2.12. The van der Waals surface area contributed by atoms with E-state index in [1.54, 1.807) is 16.7 Å². The Balaban J connectivity index is 1.56. The van der Waals surface area contributed by atoms with Crippen molar-refractivity contribution in [2.75, 3.05) is 0 Å². The Morgan fingerprint density at radius 1 is 0.971 bits per heavy atom. The van der Waals surface area contributed by atoms with Crippen LogP contribution in [0.25, 0.3) is 5.69 Å². The standard InChI is InChI=1S/C24H17Cl2F3N4OS/c25-17-9-10-20(26)19(12-17)22(34)30-13-21-31-32-23(33(21)18-7-2-1-3-8-18)35-14-15-5-4-6-16(11-15)24(27,28)29/h1-12H,13-14H2,(H,30,34). The number of nitrogens with one attached hydrogen (secondary N) is 1. The summed E-state index contributed by atoms with van der Waals surface area (Å²) in [6, 6.07) is 19.0. The van der Waals surface area contributed by atoms with E-state index in [0.717, 1.165) is 17.8 Å². The highest BCUT2D eigenvalue weighted by atomic mass is 35.5. The van der Waals surface area contributed by atoms with Crippen molar-refractivity contribution in [3.63, 3.8) is 0 Å². The van der Waals surface area contributed by atoms with Crippen LogP contribution in [0.15, 0.2) is 78.0 Å². The number of amides is 1. The maximum absolute atomic E-state index is 13.1. The van der Waals surface area contributed by atoms with Gasteiger partial charge in [-0.2, -0.15) is 13.2 Å². The molecule has 0 saturated carbocycles. The Bertz CT molecular complexity index is 1350. The molecule has 0 aliphatic heterocycles. The fourth-order valence-electron chi connectivity index (χ4n) is 3.26. The maximum atomic E-state index is 13.1. The Kier molecular flexibility index (Phi) is 7.69. The van der Waals surface area contributed by atoms with Crippen LogP contribution in [-0.4, -0.2) is 20.7 Å². The number of hydrogen-bond acceptors (Lipinski definition) is 4. The van der Waals surface area contributed by atoms with Crippen molar-refractivity contribution >= 4 is 40.9 Å². The number of thioether (sulfide) groups is 1. The first-order valence-electron chi connectivity index (χ1n) is 10.2. The number of alkyl halides is 3. The predicted octanol–water partition coefficient (Wildman–Crippen LogP) is 6.82. The molecule has 11 heteroatoms. The number of carbonyl (C=O) groups is 1. The molecule has 0 atom stereocenters. The van der Waals surface area contributed by atoms with Crippen molar-refractivity contribution in [2.45, 2.75) is 23.6 Å². The average Bonchev–Trinajstić information content (AvgIpc) is 3.25. The monoisotopic (exact) mass is 536 g/mol. The largest absolute Gasteiger partial charge is 0.416 e. The molecule has 5 nitrogen and oxygen atoms in total. The maximum Gasteiger partial charge on any atom is 0.416 e. The number of halogens is 5. The predicted molar refractivity (Wildman–Crippen MR) is 130 cm³/mol. The van der Waals surface area contributed by atoms with Crippen LogP contribution >= 0.6 is 35.0 Å². The van der Waals surface area contributed by atoms with Gasteiger partial charge in [-0.1, -0.05) is 71.4 Å². The molecule has 4 aromatic rings. The average molecular weight is 537 g/mol. The van der Waals surface area contributed by atoms with Gasteiger partial charge in [-0.15, -0.1) is 10.2 Å². The number of carbonyl (C=O) groups excluding carboxylic acids is 1. The molecule has 0 bridgehead atoms. The van der Waals surface area contributed by atoms with E-state index in [1.807, 2.05) is 30.3 Å². The summed E-state index contributed by atoms with van der Waals surface area (Å²) in [5.74, 6) is 0.256. The van der Waals surface area contributed by atoms with Crippen molar-refractivity contribution < 1.29 is 18.0 Å². The van der Waals surface area contributed by atoms with Crippen LogP contribution in [0.1, 0.15) is 27.3 Å². The third-order valence-electron chi connectivity index (χ3n) is 4.92. The van der Waals surface area contributed by atoms with Crippen LogP contribution in [0.3, 0.4) is 0 Å². The molecule has 4 rings (SSSR count). The van der Waals surface area contributed by atoms with E-state index in [2.05, 4.69) is 15.5 Å². The molecule has 0 saturated heterocycles. The van der Waals surface area contributed by atoms with Gasteiger partial charge in [0.05, 0.1) is 22.7 Å². The van der Waals surface area contributed by atoms with Crippen LogP contribution in [0, 0.1) is 0 Å². The van der Waals surface area contributed by atoms with Crippen LogP contribution in [0.2, 0.25) is 10.0 Å². The minimum absolute atomic E-state index is 0.0354. The smallest absolute Gasteiger partial charge is 0.345 e. The van der Waals surface area contributed by atoms with Crippen LogP contribution in [0.5, 0.6) is 0 Å². The van der Waals surface area contributed by atoms with E-state index in [1.165, 1.54) is 30.0 Å². The molecule has 1 amide bonds. The van der Waals surface area contributed by atoms with Gasteiger partial charge >= 0.3 is 6.18 Å². The van der Waals surface area contributed by atoms with Crippen molar-refractivity contribution in [2.24, 2.45) is 0 Å². The zero-order valence-electron chi connectivity index (χ0n) is 17.9. The number of aromatic nitrogens is 3. The highest BCUT2D eigenvalue weighted by Crippen LogP contribution is 2.31. The molecule has 1 heterocycles. The summed E-state index contributed by atoms with van der Waals surface area (Å²) in [5.41, 5.74) is 0.763. The van der Waals surface area contributed by atoms with Crippen LogP contribution in [0.4, 0.5) is 13.2 Å². The third kappa shape index (κ3) is 6.17. The number of para-hydroxylation sites is 1. The summed E-state index contributed by atoms with van der Waals surface area (Å²) in [6.45, 7) is 0.0354. The summed E-state index contributed by atoms with van der Waals surface area (Å²) in [6.07, 6.45) is -4.41. The first-order valence-corrected chi connectivity index (χ1v) is 12.0. The first-order chi connectivity index (χ1) is 16.7. The second-order valence-electron chi connectivity index (χ2n) is 7.36. The molecule has 0 spiro atoms. The zero-order chi connectivity index (χ0) is 25.0.